The molecule has 0 atom stereocenters. The van der Waals surface area contributed by atoms with Gasteiger partial charge in [0.1, 0.15) is 11.2 Å². The number of benzene rings is 7. The summed E-state index contributed by atoms with van der Waals surface area (Å²) >= 11 is 0. The second-order valence-electron chi connectivity index (χ2n) is 14.4. The second kappa shape index (κ2) is 11.1. The zero-order valence-corrected chi connectivity index (χ0v) is 29.2. The highest BCUT2D eigenvalue weighted by Gasteiger charge is 2.38. The van der Waals surface area contributed by atoms with Crippen molar-refractivity contribution >= 4 is 43.7 Å². The molecule has 0 unspecified atom stereocenters. The minimum Gasteiger partial charge on any atom is -0.455 e. The van der Waals surface area contributed by atoms with Gasteiger partial charge in [-0.1, -0.05) is 123 Å². The fraction of sp³-hybridized carbons (Fsp3) is 0.0625. The molecule has 3 heterocycles. The quantitative estimate of drug-likeness (QED) is 0.186. The highest BCUT2D eigenvalue weighted by Crippen LogP contribution is 2.54. The van der Waals surface area contributed by atoms with Gasteiger partial charge in [-0.25, -0.2) is 15.0 Å². The summed E-state index contributed by atoms with van der Waals surface area (Å²) in [5, 5.41) is 4.76. The summed E-state index contributed by atoms with van der Waals surface area (Å²) < 4.78 is 9.00. The van der Waals surface area contributed by atoms with E-state index in [2.05, 4.69) is 109 Å². The van der Waals surface area contributed by atoms with E-state index in [0.29, 0.717) is 17.5 Å². The monoisotopic (exact) mass is 680 g/mol. The minimum atomic E-state index is -0.206. The maximum atomic E-state index is 6.61. The lowest BCUT2D eigenvalue weighted by atomic mass is 9.82. The average Bonchev–Trinajstić information content (AvgIpc) is 3.83. The first-order chi connectivity index (χ1) is 26.0. The minimum absolute atomic E-state index is 0.206. The molecule has 0 fully saturated rings. The highest BCUT2D eigenvalue weighted by molar-refractivity contribution is 6.15. The van der Waals surface area contributed by atoms with Crippen LogP contribution in [-0.4, -0.2) is 19.5 Å². The fourth-order valence-electron chi connectivity index (χ4n) is 8.44. The second-order valence-corrected chi connectivity index (χ2v) is 14.4. The topological polar surface area (TPSA) is 56.7 Å². The molecular formula is C48H32N4O. The van der Waals surface area contributed by atoms with E-state index in [-0.39, 0.29) is 5.41 Å². The molecule has 5 nitrogen and oxygen atoms in total. The Balaban J connectivity index is 1.08. The molecule has 0 saturated heterocycles. The molecule has 10 aromatic rings. The normalized spacial score (nSPS) is 13.2. The SMILES string of the molecule is CC1(C)c2cc3c(cc2-c2c1ccc1c2oc2ccccc21)c1ccccc1n3-c1ccc(-c2nc(-c3ccccc3)nc(-c3ccccc3)n2)cc1. The average molecular weight is 681 g/mol. The molecule has 11 rings (SSSR count). The maximum Gasteiger partial charge on any atom is 0.164 e. The molecule has 0 aliphatic heterocycles. The lowest BCUT2D eigenvalue weighted by molar-refractivity contribution is 0.653. The number of aromatic nitrogens is 4. The van der Waals surface area contributed by atoms with Crippen molar-refractivity contribution in [3.8, 4) is 51.0 Å². The lowest BCUT2D eigenvalue weighted by Gasteiger charge is -2.21. The van der Waals surface area contributed by atoms with Crippen molar-refractivity contribution in [1.29, 1.82) is 0 Å². The molecule has 1 aliphatic rings. The van der Waals surface area contributed by atoms with Crippen molar-refractivity contribution in [3.63, 3.8) is 0 Å². The van der Waals surface area contributed by atoms with Crippen LogP contribution in [0.3, 0.4) is 0 Å². The van der Waals surface area contributed by atoms with E-state index in [4.69, 9.17) is 19.4 Å². The molecule has 0 bridgehead atoms. The molecule has 3 aromatic heterocycles. The Kier molecular flexibility index (Phi) is 6.23. The molecule has 250 valence electrons. The Morgan fingerprint density at radius 3 is 1.74 bits per heavy atom. The predicted molar refractivity (Wildman–Crippen MR) is 215 cm³/mol. The smallest absolute Gasteiger partial charge is 0.164 e. The Bertz CT molecular complexity index is 3010. The van der Waals surface area contributed by atoms with Crippen LogP contribution in [0.5, 0.6) is 0 Å². The largest absolute Gasteiger partial charge is 0.455 e. The highest BCUT2D eigenvalue weighted by atomic mass is 16.3. The van der Waals surface area contributed by atoms with Crippen LogP contribution in [0.1, 0.15) is 25.0 Å². The molecule has 0 saturated carbocycles. The first-order valence-corrected chi connectivity index (χ1v) is 18.0. The summed E-state index contributed by atoms with van der Waals surface area (Å²) in [5.74, 6) is 1.94. The van der Waals surface area contributed by atoms with Gasteiger partial charge in [-0.2, -0.15) is 0 Å². The summed E-state index contributed by atoms with van der Waals surface area (Å²) in [4.78, 5) is 14.8. The van der Waals surface area contributed by atoms with E-state index in [0.717, 1.165) is 49.8 Å². The molecule has 0 N–H and O–H groups in total. The number of para-hydroxylation sites is 2. The lowest BCUT2D eigenvalue weighted by Crippen LogP contribution is -2.15. The van der Waals surface area contributed by atoms with Crippen LogP contribution >= 0.6 is 0 Å². The van der Waals surface area contributed by atoms with Crippen molar-refractivity contribution in [2.75, 3.05) is 0 Å². The van der Waals surface area contributed by atoms with Gasteiger partial charge in [0.25, 0.3) is 0 Å². The molecule has 7 aromatic carbocycles. The number of hydrogen-bond acceptors (Lipinski definition) is 4. The number of fused-ring (bicyclic) bond motifs is 10. The summed E-state index contributed by atoms with van der Waals surface area (Å²) in [6, 6.07) is 55.2. The zero-order chi connectivity index (χ0) is 35.3. The first kappa shape index (κ1) is 29.8. The van der Waals surface area contributed by atoms with E-state index in [1.54, 1.807) is 0 Å². The van der Waals surface area contributed by atoms with Crippen molar-refractivity contribution < 1.29 is 4.42 Å². The van der Waals surface area contributed by atoms with Crippen LogP contribution in [0.25, 0.3) is 94.7 Å². The molecule has 53 heavy (non-hydrogen) atoms. The molecule has 0 radical (unpaired) electrons. The molecule has 1 aliphatic carbocycles. The Morgan fingerprint density at radius 2 is 1.06 bits per heavy atom. The van der Waals surface area contributed by atoms with Gasteiger partial charge in [0.05, 0.1) is 11.0 Å². The van der Waals surface area contributed by atoms with Gasteiger partial charge in [-0.15, -0.1) is 0 Å². The standard InChI is InChI=1S/C48H32N4O/c1-48(2)38-26-25-35-34-18-10-12-20-42(34)53-44(35)43(38)37-27-36-33-17-9-11-19-40(33)52(41(36)28-39(37)48)32-23-21-31(22-24-32)47-50-45(29-13-5-3-6-14-29)49-46(51-47)30-15-7-4-8-16-30/h3-28H,1-2H3. The van der Waals surface area contributed by atoms with Crippen molar-refractivity contribution in [2.24, 2.45) is 0 Å². The van der Waals surface area contributed by atoms with Gasteiger partial charge < -0.3 is 8.98 Å². The van der Waals surface area contributed by atoms with Gasteiger partial charge in [0.2, 0.25) is 0 Å². The molecule has 0 spiro atoms. The van der Waals surface area contributed by atoms with Crippen molar-refractivity contribution in [3.05, 3.63) is 169 Å². The summed E-state index contributed by atoms with van der Waals surface area (Å²) in [7, 11) is 0. The number of nitrogens with zero attached hydrogens (tertiary/aromatic N) is 4. The summed E-state index contributed by atoms with van der Waals surface area (Å²) in [6.45, 7) is 4.67. The van der Waals surface area contributed by atoms with Gasteiger partial charge in [0.15, 0.2) is 17.5 Å². The van der Waals surface area contributed by atoms with E-state index in [1.807, 2.05) is 66.7 Å². The predicted octanol–water partition coefficient (Wildman–Crippen LogP) is 12.2. The number of hydrogen-bond donors (Lipinski definition) is 0. The van der Waals surface area contributed by atoms with Crippen LogP contribution in [0.15, 0.2) is 162 Å². The molecule has 0 amide bonds. The zero-order valence-electron chi connectivity index (χ0n) is 29.2. The first-order valence-electron chi connectivity index (χ1n) is 18.0. The Labute approximate surface area is 305 Å². The van der Waals surface area contributed by atoms with E-state index >= 15 is 0 Å². The van der Waals surface area contributed by atoms with Crippen molar-refractivity contribution in [2.45, 2.75) is 19.3 Å². The van der Waals surface area contributed by atoms with Crippen molar-refractivity contribution in [1.82, 2.24) is 19.5 Å². The number of furan rings is 1. The summed E-state index contributed by atoms with van der Waals surface area (Å²) in [6.07, 6.45) is 0. The molecule has 5 heteroatoms. The van der Waals surface area contributed by atoms with E-state index < -0.39 is 0 Å². The van der Waals surface area contributed by atoms with Gasteiger partial charge >= 0.3 is 0 Å². The van der Waals surface area contributed by atoms with Crippen LogP contribution in [-0.2, 0) is 5.41 Å². The number of rotatable bonds is 4. The van der Waals surface area contributed by atoms with E-state index in [1.165, 1.54) is 38.5 Å². The van der Waals surface area contributed by atoms with Crippen LogP contribution in [0.2, 0.25) is 0 Å². The van der Waals surface area contributed by atoms with Crippen LogP contribution in [0, 0.1) is 0 Å². The van der Waals surface area contributed by atoms with Crippen LogP contribution in [0.4, 0.5) is 0 Å². The maximum absolute atomic E-state index is 6.61. The van der Waals surface area contributed by atoms with Gasteiger partial charge in [-0.3, -0.25) is 0 Å². The third kappa shape index (κ3) is 4.40. The fourth-order valence-corrected chi connectivity index (χ4v) is 8.44. The van der Waals surface area contributed by atoms with E-state index in [9.17, 15) is 0 Å². The Morgan fingerprint density at radius 1 is 0.472 bits per heavy atom. The third-order valence-corrected chi connectivity index (χ3v) is 11.1. The van der Waals surface area contributed by atoms with Gasteiger partial charge in [0, 0.05) is 54.9 Å². The van der Waals surface area contributed by atoms with Gasteiger partial charge in [-0.05, 0) is 65.2 Å². The third-order valence-electron chi connectivity index (χ3n) is 11.1. The Hall–Kier alpha value is -6.85. The van der Waals surface area contributed by atoms with Crippen LogP contribution < -0.4 is 0 Å². The molecular weight excluding hydrogens is 649 g/mol. The summed E-state index contributed by atoms with van der Waals surface area (Å²) in [5.41, 5.74) is 13.0.